The van der Waals surface area contributed by atoms with Gasteiger partial charge >= 0.3 is 0 Å². The molecule has 0 saturated carbocycles. The number of carbonyl (C=O) groups is 2. The van der Waals surface area contributed by atoms with E-state index in [2.05, 4.69) is 41.8 Å². The fraction of sp³-hybridized carbons (Fsp3) is 0.100. The van der Waals surface area contributed by atoms with Crippen LogP contribution in [0.1, 0.15) is 28.8 Å². The van der Waals surface area contributed by atoms with Crippen molar-refractivity contribution in [1.29, 1.82) is 0 Å². The normalized spacial score (nSPS) is 16.5. The topological polar surface area (TPSA) is 117 Å². The third-order valence-electron chi connectivity index (χ3n) is 6.81. The molecule has 0 unspecified atom stereocenters. The van der Waals surface area contributed by atoms with Crippen molar-refractivity contribution in [3.05, 3.63) is 101 Å². The number of amides is 2. The van der Waals surface area contributed by atoms with Crippen LogP contribution in [0.15, 0.2) is 78.9 Å². The molecule has 1 aliphatic rings. The standard InChI is InChI=1S/C30H23ClN4O3S/c1-15-2-4-17(5-3-15)27-24(16-6-9-19(31)10-7-16)35-30(39-27)33-20-11-13-21-18(14-20)8-12-22-23(21)25(28(32)37)34-29(38)26(22)36/h2-14,25-26,36H,1H3,(H2,32,37)(H,33,35)(H,34,38)/t25-,26+/m1/s1. The van der Waals surface area contributed by atoms with Gasteiger partial charge in [-0.15, -0.1) is 0 Å². The molecule has 2 atom stereocenters. The summed E-state index contributed by atoms with van der Waals surface area (Å²) in [4.78, 5) is 30.2. The van der Waals surface area contributed by atoms with Crippen LogP contribution < -0.4 is 16.4 Å². The molecule has 1 aromatic heterocycles. The first-order chi connectivity index (χ1) is 18.8. The number of benzene rings is 4. The maximum atomic E-state index is 12.1. The average Bonchev–Trinajstić information content (AvgIpc) is 3.34. The minimum absolute atomic E-state index is 0.381. The van der Waals surface area contributed by atoms with Gasteiger partial charge in [-0.2, -0.15) is 0 Å². The smallest absolute Gasteiger partial charge is 0.254 e. The second kappa shape index (κ2) is 9.81. The number of carbonyl (C=O) groups excluding carboxylic acids is 2. The van der Waals surface area contributed by atoms with Crippen LogP contribution in [-0.4, -0.2) is 21.9 Å². The van der Waals surface area contributed by atoms with Gasteiger partial charge in [0, 0.05) is 16.3 Å². The molecule has 0 spiro atoms. The molecule has 0 bridgehead atoms. The lowest BCUT2D eigenvalue weighted by molar-refractivity contribution is -0.134. The number of aliphatic hydroxyl groups excluding tert-OH is 1. The summed E-state index contributed by atoms with van der Waals surface area (Å²) in [5.74, 6) is -1.33. The number of aromatic nitrogens is 1. The predicted molar refractivity (Wildman–Crippen MR) is 155 cm³/mol. The zero-order valence-electron chi connectivity index (χ0n) is 20.7. The van der Waals surface area contributed by atoms with E-state index >= 15 is 0 Å². The van der Waals surface area contributed by atoms with Crippen molar-refractivity contribution >= 4 is 56.3 Å². The van der Waals surface area contributed by atoms with Crippen LogP contribution in [0.5, 0.6) is 0 Å². The van der Waals surface area contributed by atoms with Crippen molar-refractivity contribution in [2.24, 2.45) is 5.73 Å². The highest BCUT2D eigenvalue weighted by Crippen LogP contribution is 2.41. The van der Waals surface area contributed by atoms with Gasteiger partial charge < -0.3 is 21.5 Å². The predicted octanol–water partition coefficient (Wildman–Crippen LogP) is 6.03. The Morgan fingerprint density at radius 2 is 1.74 bits per heavy atom. The van der Waals surface area contributed by atoms with E-state index in [4.69, 9.17) is 22.3 Å². The van der Waals surface area contributed by atoms with Crippen molar-refractivity contribution < 1.29 is 14.7 Å². The highest BCUT2D eigenvalue weighted by atomic mass is 35.5. The van der Waals surface area contributed by atoms with Crippen LogP contribution >= 0.6 is 22.9 Å². The number of anilines is 2. The van der Waals surface area contributed by atoms with Crippen molar-refractivity contribution in [3.8, 4) is 21.7 Å². The van der Waals surface area contributed by atoms with E-state index in [1.807, 2.05) is 48.5 Å². The molecule has 0 fully saturated rings. The Morgan fingerprint density at radius 3 is 2.46 bits per heavy atom. The summed E-state index contributed by atoms with van der Waals surface area (Å²) in [6.45, 7) is 2.06. The number of nitrogens with two attached hydrogens (primary N) is 1. The second-order valence-electron chi connectivity index (χ2n) is 9.45. The molecule has 1 aliphatic heterocycles. The van der Waals surface area contributed by atoms with Gasteiger partial charge in [-0.3, -0.25) is 9.59 Å². The van der Waals surface area contributed by atoms with Gasteiger partial charge in [0.15, 0.2) is 11.2 Å². The summed E-state index contributed by atoms with van der Waals surface area (Å²) >= 11 is 7.68. The van der Waals surface area contributed by atoms with Crippen molar-refractivity contribution in [3.63, 3.8) is 0 Å². The van der Waals surface area contributed by atoms with Gasteiger partial charge in [0.2, 0.25) is 5.91 Å². The van der Waals surface area contributed by atoms with Gasteiger partial charge in [0.1, 0.15) is 6.04 Å². The molecule has 194 valence electrons. The van der Waals surface area contributed by atoms with Crippen LogP contribution in [0.2, 0.25) is 5.02 Å². The van der Waals surface area contributed by atoms with Crippen molar-refractivity contribution in [1.82, 2.24) is 10.3 Å². The summed E-state index contributed by atoms with van der Waals surface area (Å²) < 4.78 is 0. The summed E-state index contributed by atoms with van der Waals surface area (Å²) in [7, 11) is 0. The highest BCUT2D eigenvalue weighted by molar-refractivity contribution is 7.19. The van der Waals surface area contributed by atoms with Crippen LogP contribution in [0.25, 0.3) is 32.5 Å². The first-order valence-electron chi connectivity index (χ1n) is 12.2. The minimum atomic E-state index is -1.36. The van der Waals surface area contributed by atoms with Crippen LogP contribution in [0, 0.1) is 6.92 Å². The zero-order chi connectivity index (χ0) is 27.3. The Labute approximate surface area is 233 Å². The fourth-order valence-corrected chi connectivity index (χ4v) is 6.00. The maximum absolute atomic E-state index is 12.1. The summed E-state index contributed by atoms with van der Waals surface area (Å²) in [6.07, 6.45) is -1.36. The molecule has 5 aromatic rings. The highest BCUT2D eigenvalue weighted by Gasteiger charge is 2.35. The minimum Gasteiger partial charge on any atom is -0.378 e. The van der Waals surface area contributed by atoms with E-state index in [-0.39, 0.29) is 0 Å². The lowest BCUT2D eigenvalue weighted by Gasteiger charge is -2.29. The molecule has 7 nitrogen and oxygen atoms in total. The number of aliphatic hydroxyl groups is 1. The Bertz CT molecular complexity index is 1690. The second-order valence-corrected chi connectivity index (χ2v) is 10.9. The number of primary amides is 1. The average molecular weight is 555 g/mol. The molecule has 9 heteroatoms. The zero-order valence-corrected chi connectivity index (χ0v) is 22.3. The van der Waals surface area contributed by atoms with E-state index in [0.717, 1.165) is 38.2 Å². The van der Waals surface area contributed by atoms with E-state index in [9.17, 15) is 14.7 Å². The first-order valence-corrected chi connectivity index (χ1v) is 13.4. The van der Waals surface area contributed by atoms with Gasteiger partial charge in [0.05, 0.1) is 10.6 Å². The molecule has 0 aliphatic carbocycles. The third-order valence-corrected chi connectivity index (χ3v) is 8.08. The maximum Gasteiger partial charge on any atom is 0.254 e. The summed E-state index contributed by atoms with van der Waals surface area (Å²) in [5.41, 5.74) is 11.3. The quantitative estimate of drug-likeness (QED) is 0.212. The van der Waals surface area contributed by atoms with E-state index in [1.165, 1.54) is 5.56 Å². The third kappa shape index (κ3) is 4.63. The molecule has 39 heavy (non-hydrogen) atoms. The number of nitrogens with one attached hydrogen (secondary N) is 2. The van der Waals surface area contributed by atoms with Gasteiger partial charge in [-0.05, 0) is 58.7 Å². The van der Waals surface area contributed by atoms with Crippen molar-refractivity contribution in [2.45, 2.75) is 19.1 Å². The number of hydrogen-bond donors (Lipinski definition) is 4. The summed E-state index contributed by atoms with van der Waals surface area (Å²) in [5, 5.41) is 19.3. The number of hydrogen-bond acceptors (Lipinski definition) is 6. The molecular weight excluding hydrogens is 532 g/mol. The summed E-state index contributed by atoms with van der Waals surface area (Å²) in [6, 6.07) is 24.1. The fourth-order valence-electron chi connectivity index (χ4n) is 4.86. The molecule has 2 amide bonds. The molecule has 4 aromatic carbocycles. The Morgan fingerprint density at radius 1 is 1.03 bits per heavy atom. The van der Waals surface area contributed by atoms with Crippen LogP contribution in [0.4, 0.5) is 10.8 Å². The molecular formula is C30H23ClN4O3S. The number of thiazole rings is 1. The Kier molecular flexibility index (Phi) is 6.31. The van der Waals surface area contributed by atoms with E-state index in [0.29, 0.717) is 21.3 Å². The van der Waals surface area contributed by atoms with E-state index < -0.39 is 24.0 Å². The molecule has 0 saturated heterocycles. The molecule has 2 heterocycles. The lowest BCUT2D eigenvalue weighted by atomic mass is 9.87. The largest absolute Gasteiger partial charge is 0.378 e. The van der Waals surface area contributed by atoms with Crippen molar-refractivity contribution in [2.75, 3.05) is 5.32 Å². The van der Waals surface area contributed by atoms with Gasteiger partial charge in [-0.25, -0.2) is 4.98 Å². The Balaban J connectivity index is 1.40. The SMILES string of the molecule is Cc1ccc(-c2sc(Nc3ccc4c5c(ccc4c3)[C@H](O)C(=O)N[C@H]5C(N)=O)nc2-c2ccc(Cl)cc2)cc1. The van der Waals surface area contributed by atoms with Crippen LogP contribution in [-0.2, 0) is 9.59 Å². The van der Waals surface area contributed by atoms with E-state index in [1.54, 1.807) is 17.4 Å². The monoisotopic (exact) mass is 554 g/mol. The Hall–Kier alpha value is -4.24. The number of halogens is 1. The van der Waals surface area contributed by atoms with Crippen LogP contribution in [0.3, 0.4) is 0 Å². The number of fused-ring (bicyclic) bond motifs is 3. The number of nitrogens with zero attached hydrogens (tertiary/aromatic N) is 1. The first kappa shape index (κ1) is 25.1. The lowest BCUT2D eigenvalue weighted by Crippen LogP contribution is -2.44. The van der Waals surface area contributed by atoms with Gasteiger partial charge in [0.25, 0.3) is 5.91 Å². The van der Waals surface area contributed by atoms with Gasteiger partial charge in [-0.1, -0.05) is 83.1 Å². The molecule has 6 rings (SSSR count). The number of aryl methyl sites for hydroxylation is 1. The molecule has 5 N–H and O–H groups in total. The molecule has 0 radical (unpaired) electrons. The number of rotatable bonds is 5.